The zero-order valence-electron chi connectivity index (χ0n) is 12.1. The Balaban J connectivity index is 1.45. The highest BCUT2D eigenvalue weighted by Crippen LogP contribution is 2.32. The Bertz CT molecular complexity index is 595. The Morgan fingerprint density at radius 1 is 1.00 bits per heavy atom. The van der Waals surface area contributed by atoms with Gasteiger partial charge in [-0.25, -0.2) is 0 Å². The summed E-state index contributed by atoms with van der Waals surface area (Å²) in [6.07, 6.45) is 0.995. The van der Waals surface area contributed by atoms with Crippen LogP contribution in [0.2, 0.25) is 0 Å². The molecule has 0 aliphatic carbocycles. The average molecular weight is 285 g/mol. The highest BCUT2D eigenvalue weighted by atomic mass is 16.7. The summed E-state index contributed by atoms with van der Waals surface area (Å²) in [7, 11) is 1.68. The lowest BCUT2D eigenvalue weighted by molar-refractivity contribution is 0.174. The number of rotatable bonds is 6. The van der Waals surface area contributed by atoms with E-state index in [1.807, 2.05) is 24.3 Å². The second-order valence-corrected chi connectivity index (χ2v) is 4.96. The molecule has 1 N–H and O–H groups in total. The first kappa shape index (κ1) is 13.8. The van der Waals surface area contributed by atoms with Crippen LogP contribution in [0.4, 0.5) is 0 Å². The van der Waals surface area contributed by atoms with Crippen molar-refractivity contribution in [3.63, 3.8) is 0 Å². The molecule has 110 valence electrons. The number of hydrogen-bond donors (Lipinski definition) is 1. The highest BCUT2D eigenvalue weighted by Gasteiger charge is 2.12. The number of methoxy groups -OCH3 is 1. The molecular weight excluding hydrogens is 266 g/mol. The number of nitrogens with one attached hydrogen (secondary N) is 1. The summed E-state index contributed by atoms with van der Waals surface area (Å²) in [5.41, 5.74) is 2.50. The molecule has 0 unspecified atom stereocenters. The monoisotopic (exact) mass is 285 g/mol. The van der Waals surface area contributed by atoms with Gasteiger partial charge < -0.3 is 19.5 Å². The lowest BCUT2D eigenvalue weighted by Crippen LogP contribution is -2.16. The largest absolute Gasteiger partial charge is 0.497 e. The molecule has 2 aromatic rings. The van der Waals surface area contributed by atoms with Crippen molar-refractivity contribution in [2.75, 3.05) is 20.4 Å². The molecule has 0 radical (unpaired) electrons. The molecule has 1 heterocycles. The Morgan fingerprint density at radius 2 is 1.76 bits per heavy atom. The van der Waals surface area contributed by atoms with Gasteiger partial charge in [0.25, 0.3) is 0 Å². The van der Waals surface area contributed by atoms with Crippen LogP contribution in [0.15, 0.2) is 42.5 Å². The van der Waals surface area contributed by atoms with Gasteiger partial charge in [-0.2, -0.15) is 0 Å². The molecule has 0 bridgehead atoms. The first-order valence-electron chi connectivity index (χ1n) is 7.07. The van der Waals surface area contributed by atoms with E-state index in [9.17, 15) is 0 Å². The number of fused-ring (bicyclic) bond motifs is 1. The summed E-state index contributed by atoms with van der Waals surface area (Å²) in [6.45, 7) is 2.08. The summed E-state index contributed by atoms with van der Waals surface area (Å²) < 4.78 is 15.8. The molecule has 21 heavy (non-hydrogen) atoms. The van der Waals surface area contributed by atoms with Crippen LogP contribution in [0.5, 0.6) is 17.2 Å². The predicted octanol–water partition coefficient (Wildman–Crippen LogP) is 2.76. The van der Waals surface area contributed by atoms with E-state index in [0.717, 1.165) is 36.8 Å². The van der Waals surface area contributed by atoms with E-state index >= 15 is 0 Å². The molecule has 0 saturated heterocycles. The highest BCUT2D eigenvalue weighted by molar-refractivity contribution is 5.44. The van der Waals surface area contributed by atoms with Crippen molar-refractivity contribution in [2.24, 2.45) is 0 Å². The van der Waals surface area contributed by atoms with E-state index in [-0.39, 0.29) is 0 Å². The predicted molar refractivity (Wildman–Crippen MR) is 81.0 cm³/mol. The number of ether oxygens (including phenoxy) is 3. The first-order chi connectivity index (χ1) is 10.3. The minimum absolute atomic E-state index is 0.323. The van der Waals surface area contributed by atoms with Crippen LogP contribution >= 0.6 is 0 Å². The van der Waals surface area contributed by atoms with Gasteiger partial charge in [-0.15, -0.1) is 0 Å². The first-order valence-corrected chi connectivity index (χ1v) is 7.07. The molecule has 3 rings (SSSR count). The van der Waals surface area contributed by atoms with Crippen LogP contribution in [-0.2, 0) is 13.0 Å². The van der Waals surface area contributed by atoms with Gasteiger partial charge in [-0.1, -0.05) is 18.2 Å². The zero-order valence-corrected chi connectivity index (χ0v) is 12.1. The fraction of sp³-hybridized carbons (Fsp3) is 0.294. The Labute approximate surface area is 124 Å². The van der Waals surface area contributed by atoms with Gasteiger partial charge in [0.05, 0.1) is 7.11 Å². The van der Waals surface area contributed by atoms with Crippen molar-refractivity contribution >= 4 is 0 Å². The summed E-state index contributed by atoms with van der Waals surface area (Å²) in [5, 5.41) is 3.44. The van der Waals surface area contributed by atoms with Crippen molar-refractivity contribution in [3.05, 3.63) is 53.6 Å². The van der Waals surface area contributed by atoms with Gasteiger partial charge in [0.15, 0.2) is 11.5 Å². The molecule has 0 saturated carbocycles. The topological polar surface area (TPSA) is 39.7 Å². The van der Waals surface area contributed by atoms with Gasteiger partial charge in [0.2, 0.25) is 6.79 Å². The third-order valence-electron chi connectivity index (χ3n) is 3.52. The molecule has 4 nitrogen and oxygen atoms in total. The van der Waals surface area contributed by atoms with Crippen LogP contribution in [0.25, 0.3) is 0 Å². The average Bonchev–Trinajstić information content (AvgIpc) is 3.00. The fourth-order valence-corrected chi connectivity index (χ4v) is 2.31. The lowest BCUT2D eigenvalue weighted by Gasteiger charge is -2.07. The quantitative estimate of drug-likeness (QED) is 0.828. The molecular formula is C17H19NO3. The van der Waals surface area contributed by atoms with Crippen molar-refractivity contribution in [3.8, 4) is 17.2 Å². The van der Waals surface area contributed by atoms with Crippen molar-refractivity contribution in [1.82, 2.24) is 5.32 Å². The zero-order chi connectivity index (χ0) is 14.5. The maximum Gasteiger partial charge on any atom is 0.231 e. The molecule has 0 aromatic heterocycles. The second-order valence-electron chi connectivity index (χ2n) is 4.96. The minimum Gasteiger partial charge on any atom is -0.497 e. The van der Waals surface area contributed by atoms with E-state index in [2.05, 4.69) is 23.5 Å². The van der Waals surface area contributed by atoms with Gasteiger partial charge in [0.1, 0.15) is 5.75 Å². The van der Waals surface area contributed by atoms with Crippen molar-refractivity contribution in [2.45, 2.75) is 13.0 Å². The van der Waals surface area contributed by atoms with Crippen LogP contribution in [0.1, 0.15) is 11.1 Å². The van der Waals surface area contributed by atoms with E-state index in [1.54, 1.807) is 7.11 Å². The van der Waals surface area contributed by atoms with Crippen LogP contribution in [0, 0.1) is 0 Å². The fourth-order valence-electron chi connectivity index (χ4n) is 2.31. The lowest BCUT2D eigenvalue weighted by atomic mass is 10.1. The normalized spacial score (nSPS) is 12.4. The molecule has 0 atom stereocenters. The molecule has 1 aliphatic rings. The van der Waals surface area contributed by atoms with Crippen molar-refractivity contribution in [1.29, 1.82) is 0 Å². The maximum absolute atomic E-state index is 5.37. The molecule has 2 aromatic carbocycles. The standard InChI is InChI=1S/C17H19NO3/c1-19-15-5-2-13(3-6-15)8-9-18-11-14-4-7-16-17(10-14)21-12-20-16/h2-7,10,18H,8-9,11-12H2,1H3. The molecule has 4 heteroatoms. The van der Waals surface area contributed by atoms with E-state index in [1.165, 1.54) is 11.1 Å². The van der Waals surface area contributed by atoms with Crippen molar-refractivity contribution < 1.29 is 14.2 Å². The van der Waals surface area contributed by atoms with E-state index < -0.39 is 0 Å². The van der Waals surface area contributed by atoms with Crippen LogP contribution in [0.3, 0.4) is 0 Å². The Morgan fingerprint density at radius 3 is 2.57 bits per heavy atom. The SMILES string of the molecule is COc1ccc(CCNCc2ccc3c(c2)OCO3)cc1. The minimum atomic E-state index is 0.323. The number of hydrogen-bond acceptors (Lipinski definition) is 4. The summed E-state index contributed by atoms with van der Waals surface area (Å²) in [6, 6.07) is 14.2. The van der Waals surface area contributed by atoms with E-state index in [4.69, 9.17) is 14.2 Å². The van der Waals surface area contributed by atoms with Crippen LogP contribution in [-0.4, -0.2) is 20.4 Å². The van der Waals surface area contributed by atoms with Gasteiger partial charge in [-0.05, 0) is 48.4 Å². The molecule has 0 amide bonds. The van der Waals surface area contributed by atoms with Gasteiger partial charge in [0, 0.05) is 6.54 Å². The Hall–Kier alpha value is -2.20. The summed E-state index contributed by atoms with van der Waals surface area (Å²) in [5.74, 6) is 2.56. The van der Waals surface area contributed by atoms with E-state index in [0.29, 0.717) is 6.79 Å². The summed E-state index contributed by atoms with van der Waals surface area (Å²) in [4.78, 5) is 0. The molecule has 0 fully saturated rings. The maximum atomic E-state index is 5.37. The van der Waals surface area contributed by atoms with Crippen LogP contribution < -0.4 is 19.5 Å². The van der Waals surface area contributed by atoms with Gasteiger partial charge in [-0.3, -0.25) is 0 Å². The molecule has 1 aliphatic heterocycles. The third-order valence-corrected chi connectivity index (χ3v) is 3.52. The number of benzene rings is 2. The van der Waals surface area contributed by atoms with Gasteiger partial charge >= 0.3 is 0 Å². The molecule has 0 spiro atoms. The second kappa shape index (κ2) is 6.50. The third kappa shape index (κ3) is 3.47. The smallest absolute Gasteiger partial charge is 0.231 e. The summed E-state index contributed by atoms with van der Waals surface area (Å²) >= 11 is 0. The Kier molecular flexibility index (Phi) is 4.26.